The molecule has 0 unspecified atom stereocenters. The fraction of sp³-hybridized carbons (Fsp3) is 0. The van der Waals surface area contributed by atoms with Crippen LogP contribution in [0.3, 0.4) is 0 Å². The molecule has 2 heterocycles. The third-order valence-corrected chi connectivity index (χ3v) is 5.64. The van der Waals surface area contributed by atoms with Gasteiger partial charge < -0.3 is 15.7 Å². The highest BCUT2D eigenvalue weighted by Crippen LogP contribution is 2.26. The van der Waals surface area contributed by atoms with E-state index in [-0.39, 0.29) is 28.2 Å². The van der Waals surface area contributed by atoms with Crippen LogP contribution in [0.15, 0.2) is 82.3 Å². The number of nitrogens with two attached hydrogens (primary N) is 1. The van der Waals surface area contributed by atoms with E-state index in [4.69, 9.17) is 10.9 Å². The average Bonchev–Trinajstić information content (AvgIpc) is 2.88. The number of anilines is 4. The molecule has 37 heavy (non-hydrogen) atoms. The van der Waals surface area contributed by atoms with Crippen LogP contribution in [-0.4, -0.2) is 27.0 Å². The first-order valence-electron chi connectivity index (χ1n) is 10.3. The maximum atomic E-state index is 13.7. The molecule has 4 rings (SSSR count). The van der Waals surface area contributed by atoms with E-state index in [9.17, 15) is 18.4 Å². The molecule has 1 amide bonds. The second-order valence-electron chi connectivity index (χ2n) is 7.12. The average molecular weight is 636 g/mol. The van der Waals surface area contributed by atoms with Crippen LogP contribution in [0.1, 0.15) is 20.7 Å². The number of amides is 1. The van der Waals surface area contributed by atoms with Crippen LogP contribution in [0.4, 0.5) is 31.5 Å². The summed E-state index contributed by atoms with van der Waals surface area (Å²) in [5, 5.41) is 14.5. The van der Waals surface area contributed by atoms with Gasteiger partial charge in [-0.25, -0.2) is 19.4 Å². The fourth-order valence-electron chi connectivity index (χ4n) is 2.92. The number of pyridine rings is 2. The van der Waals surface area contributed by atoms with Gasteiger partial charge in [0.1, 0.15) is 11.6 Å². The number of carbonyl (C=O) groups excluding carboxylic acids is 1. The highest BCUT2D eigenvalue weighted by atomic mass is 79.9. The van der Waals surface area contributed by atoms with Gasteiger partial charge in [-0.15, -0.1) is 0 Å². The first-order chi connectivity index (χ1) is 17.7. The zero-order chi connectivity index (χ0) is 26.9. The first-order valence-corrected chi connectivity index (χ1v) is 11.8. The number of nitrogens with zero attached hydrogens (tertiary/aromatic N) is 2. The number of aromatic carboxylic acids is 1. The van der Waals surface area contributed by atoms with Crippen LogP contribution in [0.5, 0.6) is 0 Å². The lowest BCUT2D eigenvalue weighted by Crippen LogP contribution is -2.30. The Morgan fingerprint density at radius 3 is 1.65 bits per heavy atom. The topological polar surface area (TPSA) is 142 Å². The molecule has 0 radical (unpaired) electrons. The quantitative estimate of drug-likeness (QED) is 0.102. The summed E-state index contributed by atoms with van der Waals surface area (Å²) in [5.74, 6) is 2.58. The van der Waals surface area contributed by atoms with Gasteiger partial charge in [0.2, 0.25) is 0 Å². The number of halogens is 4. The molecule has 0 saturated carbocycles. The summed E-state index contributed by atoms with van der Waals surface area (Å²) in [6.45, 7) is 0. The molecule has 4 aromatic rings. The van der Waals surface area contributed by atoms with Crippen LogP contribution in [0, 0.1) is 11.6 Å². The van der Waals surface area contributed by atoms with E-state index in [2.05, 4.69) is 52.5 Å². The zero-order valence-electron chi connectivity index (χ0n) is 18.7. The van der Waals surface area contributed by atoms with E-state index in [1.165, 1.54) is 55.1 Å². The third kappa shape index (κ3) is 7.52. The molecule has 2 aromatic carbocycles. The molecule has 0 fully saturated rings. The first kappa shape index (κ1) is 27.6. The number of benzene rings is 2. The van der Waals surface area contributed by atoms with Crippen molar-refractivity contribution in [2.45, 2.75) is 0 Å². The van der Waals surface area contributed by atoms with Crippen LogP contribution in [0.2, 0.25) is 0 Å². The summed E-state index contributed by atoms with van der Waals surface area (Å²) in [4.78, 5) is 30.2. The van der Waals surface area contributed by atoms with Gasteiger partial charge in [-0.2, -0.15) is 0 Å². The molecule has 0 atom stereocenters. The predicted octanol–water partition coefficient (Wildman–Crippen LogP) is 5.76. The Balaban J connectivity index is 0.000000206. The molecule has 0 saturated heterocycles. The number of hydrogen-bond donors (Lipinski definition) is 5. The van der Waals surface area contributed by atoms with E-state index in [0.717, 1.165) is 0 Å². The monoisotopic (exact) mass is 634 g/mol. The van der Waals surface area contributed by atoms with Crippen molar-refractivity contribution >= 4 is 66.5 Å². The molecule has 0 bridgehead atoms. The maximum Gasteiger partial charge on any atom is 0.337 e. The van der Waals surface area contributed by atoms with Crippen molar-refractivity contribution in [2.24, 2.45) is 5.84 Å². The summed E-state index contributed by atoms with van der Waals surface area (Å²) < 4.78 is 28.6. The van der Waals surface area contributed by atoms with Gasteiger partial charge >= 0.3 is 5.97 Å². The fourth-order valence-corrected chi connectivity index (χ4v) is 3.59. The van der Waals surface area contributed by atoms with Crippen molar-refractivity contribution in [3.63, 3.8) is 0 Å². The molecule has 0 aliphatic heterocycles. The van der Waals surface area contributed by atoms with Gasteiger partial charge in [0.15, 0.2) is 0 Å². The van der Waals surface area contributed by atoms with Crippen LogP contribution < -0.4 is 21.9 Å². The Hall–Kier alpha value is -3.94. The van der Waals surface area contributed by atoms with Gasteiger partial charge in [0, 0.05) is 21.3 Å². The van der Waals surface area contributed by atoms with Crippen molar-refractivity contribution in [2.75, 3.05) is 10.6 Å². The van der Waals surface area contributed by atoms with Crippen LogP contribution >= 0.6 is 31.9 Å². The summed E-state index contributed by atoms with van der Waals surface area (Å²) in [6.07, 6.45) is 5.58. The van der Waals surface area contributed by atoms with E-state index in [1.54, 1.807) is 18.2 Å². The SMILES string of the molecule is NNC(=O)c1ccncc1Nc1ccc(Br)cc1F.O=C(O)c1ccncc1Nc1ccc(Br)cc1F. The highest BCUT2D eigenvalue weighted by molar-refractivity contribution is 9.10. The highest BCUT2D eigenvalue weighted by Gasteiger charge is 2.13. The minimum atomic E-state index is -1.10. The Kier molecular flexibility index (Phi) is 9.60. The van der Waals surface area contributed by atoms with E-state index < -0.39 is 23.5 Å². The number of hydrogen-bond acceptors (Lipinski definition) is 7. The van der Waals surface area contributed by atoms with Gasteiger partial charge in [-0.05, 0) is 48.5 Å². The van der Waals surface area contributed by atoms with E-state index in [0.29, 0.717) is 14.6 Å². The lowest BCUT2D eigenvalue weighted by Gasteiger charge is -2.11. The smallest absolute Gasteiger partial charge is 0.337 e. The molecule has 6 N–H and O–H groups in total. The minimum absolute atomic E-state index is 0.0346. The molecule has 0 spiro atoms. The number of aromatic nitrogens is 2. The third-order valence-electron chi connectivity index (χ3n) is 4.65. The van der Waals surface area contributed by atoms with Crippen molar-refractivity contribution in [3.05, 3.63) is 105 Å². The number of carboxylic acids is 1. The van der Waals surface area contributed by atoms with Crippen molar-refractivity contribution < 1.29 is 23.5 Å². The summed E-state index contributed by atoms with van der Waals surface area (Å²) >= 11 is 6.31. The Morgan fingerprint density at radius 1 is 0.757 bits per heavy atom. The van der Waals surface area contributed by atoms with E-state index >= 15 is 0 Å². The molecular weight excluding hydrogens is 618 g/mol. The Morgan fingerprint density at radius 2 is 1.22 bits per heavy atom. The normalized spacial score (nSPS) is 10.1. The number of hydrazine groups is 1. The molecular formula is C24H18Br2F2N6O3. The Labute approximate surface area is 226 Å². The number of carboxylic acid groups (broad SMARTS) is 1. The minimum Gasteiger partial charge on any atom is -0.478 e. The maximum absolute atomic E-state index is 13.7. The van der Waals surface area contributed by atoms with Gasteiger partial charge in [-0.3, -0.25) is 20.2 Å². The summed E-state index contributed by atoms with van der Waals surface area (Å²) in [7, 11) is 0. The predicted molar refractivity (Wildman–Crippen MR) is 142 cm³/mol. The number of rotatable bonds is 6. The number of carbonyl (C=O) groups is 2. The number of nitrogens with one attached hydrogen (secondary N) is 3. The number of nitrogen functional groups attached to an aromatic ring is 1. The lowest BCUT2D eigenvalue weighted by atomic mass is 10.2. The molecule has 13 heteroatoms. The second-order valence-corrected chi connectivity index (χ2v) is 8.95. The molecule has 2 aromatic heterocycles. The standard InChI is InChI=1S/C12H10BrFN4O.C12H8BrFN2O2/c13-7-1-2-10(9(14)5-7)17-11-6-16-4-3-8(11)12(19)18-15;13-7-1-2-10(9(14)5-7)16-11-6-15-4-3-8(11)12(17)18/h1-6,17H,15H2,(H,18,19);1-6,16H,(H,17,18). The van der Waals surface area contributed by atoms with Crippen LogP contribution in [-0.2, 0) is 0 Å². The summed E-state index contributed by atoms with van der Waals surface area (Å²) in [5.41, 5.74) is 3.37. The van der Waals surface area contributed by atoms with Gasteiger partial charge in [0.25, 0.3) is 5.91 Å². The molecule has 190 valence electrons. The second kappa shape index (κ2) is 12.9. The molecule has 0 aliphatic rings. The lowest BCUT2D eigenvalue weighted by molar-refractivity contribution is 0.0697. The summed E-state index contributed by atoms with van der Waals surface area (Å²) in [6, 6.07) is 11.9. The van der Waals surface area contributed by atoms with Gasteiger partial charge in [-0.1, -0.05) is 31.9 Å². The van der Waals surface area contributed by atoms with Crippen molar-refractivity contribution in [1.29, 1.82) is 0 Å². The van der Waals surface area contributed by atoms with Crippen LogP contribution in [0.25, 0.3) is 0 Å². The van der Waals surface area contributed by atoms with Gasteiger partial charge in [0.05, 0.1) is 46.3 Å². The van der Waals surface area contributed by atoms with Crippen molar-refractivity contribution in [3.8, 4) is 0 Å². The zero-order valence-corrected chi connectivity index (χ0v) is 21.8. The largest absolute Gasteiger partial charge is 0.478 e. The molecule has 0 aliphatic carbocycles. The van der Waals surface area contributed by atoms with Crippen molar-refractivity contribution in [1.82, 2.24) is 15.4 Å². The van der Waals surface area contributed by atoms with E-state index in [1.807, 2.05) is 5.43 Å². The Bertz CT molecular complexity index is 1440. The molecule has 9 nitrogen and oxygen atoms in total.